The molecule has 0 fully saturated rings. The van der Waals surface area contributed by atoms with Crippen molar-refractivity contribution in [3.63, 3.8) is 0 Å². The Morgan fingerprint density at radius 2 is 1.73 bits per heavy atom. The second-order valence-electron chi connectivity index (χ2n) is 8.25. The fourth-order valence-electron chi connectivity index (χ4n) is 3.34. The van der Waals surface area contributed by atoms with E-state index in [0.717, 1.165) is 11.1 Å². The molecule has 8 heteroatoms. The summed E-state index contributed by atoms with van der Waals surface area (Å²) in [6.07, 6.45) is 2.72. The number of aromatic nitrogens is 2. The van der Waals surface area contributed by atoms with E-state index in [1.165, 1.54) is 14.0 Å². The molecule has 1 N–H and O–H groups in total. The van der Waals surface area contributed by atoms with Crippen molar-refractivity contribution in [1.82, 2.24) is 14.9 Å². The van der Waals surface area contributed by atoms with Gasteiger partial charge in [-0.15, -0.1) is 0 Å². The molecule has 0 aliphatic rings. The van der Waals surface area contributed by atoms with E-state index in [-0.39, 0.29) is 6.61 Å². The molecule has 0 spiro atoms. The minimum absolute atomic E-state index is 0.0332. The number of nitrogens with zero attached hydrogens (tertiary/aromatic N) is 2. The van der Waals surface area contributed by atoms with Gasteiger partial charge in [-0.1, -0.05) is 56.3 Å². The van der Waals surface area contributed by atoms with Crippen LogP contribution < -0.4 is 10.1 Å². The van der Waals surface area contributed by atoms with Gasteiger partial charge < -0.3 is 19.5 Å². The van der Waals surface area contributed by atoms with Crippen molar-refractivity contribution in [2.75, 3.05) is 13.7 Å². The smallest absolute Gasteiger partial charge is 0.407 e. The van der Waals surface area contributed by atoms with E-state index in [4.69, 9.17) is 14.2 Å². The van der Waals surface area contributed by atoms with Gasteiger partial charge >= 0.3 is 12.1 Å². The second kappa shape index (κ2) is 10.7. The molecule has 2 atom stereocenters. The summed E-state index contributed by atoms with van der Waals surface area (Å²) in [4.78, 5) is 27.8. The molecular weight excluding hydrogens is 422 g/mol. The SMILES string of the molecule is CNC(=O)OC(C(Oc1ccc(-c2ccccc2)cc1)n1ccnc1)C(C)(C)COC(C)=O. The van der Waals surface area contributed by atoms with Crippen LogP contribution in [0.5, 0.6) is 5.75 Å². The molecule has 3 rings (SSSR count). The van der Waals surface area contributed by atoms with Crippen LogP contribution in [-0.4, -0.2) is 41.4 Å². The number of ether oxygens (including phenoxy) is 3. The number of alkyl carbamates (subject to hydrolysis) is 1. The van der Waals surface area contributed by atoms with Crippen molar-refractivity contribution in [1.29, 1.82) is 0 Å². The topological polar surface area (TPSA) is 91.7 Å². The molecule has 1 aromatic heterocycles. The minimum Gasteiger partial charge on any atom is -0.466 e. The van der Waals surface area contributed by atoms with Gasteiger partial charge in [0.1, 0.15) is 12.4 Å². The average molecular weight is 452 g/mol. The molecule has 0 bridgehead atoms. The monoisotopic (exact) mass is 451 g/mol. The lowest BCUT2D eigenvalue weighted by molar-refractivity contribution is -0.151. The summed E-state index contributed by atoms with van der Waals surface area (Å²) >= 11 is 0. The largest absolute Gasteiger partial charge is 0.466 e. The van der Waals surface area contributed by atoms with E-state index in [2.05, 4.69) is 10.3 Å². The van der Waals surface area contributed by atoms with Gasteiger partial charge in [-0.25, -0.2) is 9.78 Å². The lowest BCUT2D eigenvalue weighted by Crippen LogP contribution is -2.47. The maximum absolute atomic E-state index is 12.2. The van der Waals surface area contributed by atoms with Crippen LogP contribution in [0.15, 0.2) is 73.3 Å². The lowest BCUT2D eigenvalue weighted by atomic mass is 9.86. The summed E-state index contributed by atoms with van der Waals surface area (Å²) in [5, 5.41) is 2.47. The molecule has 0 saturated heterocycles. The normalized spacial score (nSPS) is 13.0. The Balaban J connectivity index is 1.92. The van der Waals surface area contributed by atoms with Gasteiger partial charge in [0.05, 0.1) is 6.33 Å². The van der Waals surface area contributed by atoms with Crippen LogP contribution in [-0.2, 0) is 14.3 Å². The van der Waals surface area contributed by atoms with Crippen molar-refractivity contribution in [2.24, 2.45) is 5.41 Å². The Hall–Kier alpha value is -3.81. The standard InChI is InChI=1S/C25H29N3O5/c1-18(29)31-16-25(2,3)22(33-24(30)26-4)23(28-15-14-27-17-28)32-21-12-10-20(11-13-21)19-8-6-5-7-9-19/h5-15,17,22-23H,16H2,1-4H3,(H,26,30). The minimum atomic E-state index is -0.820. The second-order valence-corrected chi connectivity index (χ2v) is 8.25. The first-order valence-corrected chi connectivity index (χ1v) is 10.6. The van der Waals surface area contributed by atoms with Crippen LogP contribution in [0.3, 0.4) is 0 Å². The zero-order valence-corrected chi connectivity index (χ0v) is 19.2. The first-order chi connectivity index (χ1) is 15.8. The summed E-state index contributed by atoms with van der Waals surface area (Å²) in [6.45, 7) is 5.05. The molecule has 174 valence electrons. The Labute approximate surface area is 193 Å². The molecule has 1 amide bonds. The first kappa shape index (κ1) is 23.8. The zero-order chi connectivity index (χ0) is 23.8. The number of hydrogen-bond acceptors (Lipinski definition) is 6. The van der Waals surface area contributed by atoms with E-state index in [0.29, 0.717) is 5.75 Å². The number of benzene rings is 2. The molecule has 0 aliphatic carbocycles. The molecule has 8 nitrogen and oxygen atoms in total. The van der Waals surface area contributed by atoms with Crippen LogP contribution >= 0.6 is 0 Å². The molecule has 0 aliphatic heterocycles. The Kier molecular flexibility index (Phi) is 7.71. The Morgan fingerprint density at radius 1 is 1.06 bits per heavy atom. The third kappa shape index (κ3) is 6.35. The molecule has 33 heavy (non-hydrogen) atoms. The van der Waals surface area contributed by atoms with Gasteiger partial charge in [-0.05, 0) is 23.3 Å². The number of amides is 1. The van der Waals surface area contributed by atoms with Crippen LogP contribution in [0.1, 0.15) is 27.0 Å². The molecule has 0 saturated carbocycles. The van der Waals surface area contributed by atoms with Crippen LogP contribution in [0.2, 0.25) is 0 Å². The predicted molar refractivity (Wildman–Crippen MR) is 124 cm³/mol. The van der Waals surface area contributed by atoms with E-state index >= 15 is 0 Å². The first-order valence-electron chi connectivity index (χ1n) is 10.6. The lowest BCUT2D eigenvalue weighted by Gasteiger charge is -2.38. The quantitative estimate of drug-likeness (QED) is 0.484. The van der Waals surface area contributed by atoms with Crippen LogP contribution in [0.25, 0.3) is 11.1 Å². The van der Waals surface area contributed by atoms with E-state index in [9.17, 15) is 9.59 Å². The van der Waals surface area contributed by atoms with Crippen molar-refractivity contribution in [3.05, 3.63) is 73.3 Å². The Morgan fingerprint density at radius 3 is 2.30 bits per heavy atom. The van der Waals surface area contributed by atoms with Crippen LogP contribution in [0, 0.1) is 5.41 Å². The van der Waals surface area contributed by atoms with Crippen molar-refractivity contribution in [3.8, 4) is 16.9 Å². The predicted octanol–water partition coefficient (Wildman–Crippen LogP) is 4.44. The molecule has 3 aromatic rings. The van der Waals surface area contributed by atoms with E-state index < -0.39 is 29.8 Å². The highest BCUT2D eigenvalue weighted by atomic mass is 16.6. The van der Waals surface area contributed by atoms with Gasteiger partial charge in [0.25, 0.3) is 0 Å². The van der Waals surface area contributed by atoms with Crippen molar-refractivity contribution in [2.45, 2.75) is 33.1 Å². The number of nitrogens with one attached hydrogen (secondary N) is 1. The number of rotatable bonds is 9. The molecule has 0 radical (unpaired) electrons. The highest BCUT2D eigenvalue weighted by Gasteiger charge is 2.42. The highest BCUT2D eigenvalue weighted by molar-refractivity contribution is 5.67. The van der Waals surface area contributed by atoms with Gasteiger partial charge in [-0.2, -0.15) is 0 Å². The third-order valence-electron chi connectivity index (χ3n) is 5.15. The van der Waals surface area contributed by atoms with Gasteiger partial charge in [0.15, 0.2) is 6.10 Å². The van der Waals surface area contributed by atoms with Crippen LogP contribution in [0.4, 0.5) is 4.79 Å². The average Bonchev–Trinajstić information content (AvgIpc) is 3.35. The number of carbonyl (C=O) groups excluding carboxylic acids is 2. The fraction of sp³-hybridized carbons (Fsp3) is 0.320. The summed E-state index contributed by atoms with van der Waals surface area (Å²) in [7, 11) is 1.48. The van der Waals surface area contributed by atoms with Crippen molar-refractivity contribution >= 4 is 12.1 Å². The number of esters is 1. The molecule has 2 aromatic carbocycles. The summed E-state index contributed by atoms with van der Waals surface area (Å²) in [6, 6.07) is 17.7. The molecule has 2 unspecified atom stereocenters. The zero-order valence-electron chi connectivity index (χ0n) is 19.2. The number of carbonyl (C=O) groups is 2. The molecular formula is C25H29N3O5. The summed E-state index contributed by atoms with van der Waals surface area (Å²) in [5.74, 6) is 0.167. The number of imidazole rings is 1. The van der Waals surface area contributed by atoms with Gasteiger partial charge in [-0.3, -0.25) is 9.36 Å². The Bertz CT molecular complexity index is 1030. The third-order valence-corrected chi connectivity index (χ3v) is 5.15. The summed E-state index contributed by atoms with van der Waals surface area (Å²) in [5.41, 5.74) is 1.37. The highest BCUT2D eigenvalue weighted by Crippen LogP contribution is 2.35. The fourth-order valence-corrected chi connectivity index (χ4v) is 3.34. The summed E-state index contributed by atoms with van der Waals surface area (Å²) < 4.78 is 19.0. The maximum atomic E-state index is 12.2. The molecule has 1 heterocycles. The van der Waals surface area contributed by atoms with E-state index in [1.54, 1.807) is 23.3 Å². The van der Waals surface area contributed by atoms with Crippen molar-refractivity contribution < 1.29 is 23.8 Å². The van der Waals surface area contributed by atoms with Gasteiger partial charge in [0, 0.05) is 31.8 Å². The van der Waals surface area contributed by atoms with Gasteiger partial charge in [0.2, 0.25) is 6.23 Å². The number of hydrogen-bond donors (Lipinski definition) is 1. The maximum Gasteiger partial charge on any atom is 0.407 e. The van der Waals surface area contributed by atoms with E-state index in [1.807, 2.05) is 68.4 Å².